The van der Waals surface area contributed by atoms with Gasteiger partial charge in [0.15, 0.2) is 0 Å². The summed E-state index contributed by atoms with van der Waals surface area (Å²) in [5.41, 5.74) is 5.23. The Hall–Kier alpha value is -1.62. The molecule has 19 heavy (non-hydrogen) atoms. The standard InChI is InChI=1S/C14H19FN2O2/c1-9-7-14(13(16)18,8-10(2)19-9)17-12-5-3-4-11(15)6-12/h3-6,9-10,17H,7-8H2,1-2H3,(H2,16,18). The van der Waals surface area contributed by atoms with Crippen molar-refractivity contribution in [3.05, 3.63) is 30.1 Å². The van der Waals surface area contributed by atoms with Crippen molar-refractivity contribution < 1.29 is 13.9 Å². The molecule has 1 amide bonds. The Balaban J connectivity index is 2.27. The van der Waals surface area contributed by atoms with Gasteiger partial charge in [-0.15, -0.1) is 0 Å². The number of ether oxygens (including phenoxy) is 1. The average molecular weight is 266 g/mol. The molecule has 1 fully saturated rings. The van der Waals surface area contributed by atoms with Crippen molar-refractivity contribution in [1.82, 2.24) is 0 Å². The second-order valence-corrected chi connectivity index (χ2v) is 5.25. The zero-order valence-corrected chi connectivity index (χ0v) is 11.2. The van der Waals surface area contributed by atoms with Gasteiger partial charge in [0, 0.05) is 18.5 Å². The number of nitrogens with one attached hydrogen (secondary N) is 1. The number of hydrogen-bond donors (Lipinski definition) is 2. The Morgan fingerprint density at radius 1 is 1.42 bits per heavy atom. The highest BCUT2D eigenvalue weighted by Crippen LogP contribution is 2.32. The average Bonchev–Trinajstić information content (AvgIpc) is 2.27. The number of carbonyl (C=O) groups is 1. The van der Waals surface area contributed by atoms with Gasteiger partial charge in [-0.25, -0.2) is 4.39 Å². The molecule has 4 nitrogen and oxygen atoms in total. The molecule has 5 heteroatoms. The molecule has 1 aliphatic rings. The summed E-state index contributed by atoms with van der Waals surface area (Å²) >= 11 is 0. The predicted molar refractivity (Wildman–Crippen MR) is 71.2 cm³/mol. The van der Waals surface area contributed by atoms with Gasteiger partial charge < -0.3 is 15.8 Å². The van der Waals surface area contributed by atoms with Crippen molar-refractivity contribution in [3.63, 3.8) is 0 Å². The number of halogens is 1. The monoisotopic (exact) mass is 266 g/mol. The highest BCUT2D eigenvalue weighted by molar-refractivity contribution is 5.88. The first kappa shape index (κ1) is 13.8. The summed E-state index contributed by atoms with van der Waals surface area (Å²) in [6, 6.07) is 6.03. The molecule has 1 aliphatic heterocycles. The quantitative estimate of drug-likeness (QED) is 0.880. The maximum absolute atomic E-state index is 13.2. The number of primary amides is 1. The normalized spacial score (nSPS) is 30.9. The summed E-state index contributed by atoms with van der Waals surface area (Å²) in [6.45, 7) is 3.81. The number of amides is 1. The summed E-state index contributed by atoms with van der Waals surface area (Å²) in [5, 5.41) is 3.10. The molecule has 2 rings (SSSR count). The van der Waals surface area contributed by atoms with E-state index in [1.54, 1.807) is 12.1 Å². The third kappa shape index (κ3) is 3.04. The van der Waals surface area contributed by atoms with Gasteiger partial charge in [0.1, 0.15) is 11.4 Å². The van der Waals surface area contributed by atoms with Gasteiger partial charge in [-0.3, -0.25) is 4.79 Å². The van der Waals surface area contributed by atoms with E-state index in [1.807, 2.05) is 13.8 Å². The van der Waals surface area contributed by atoms with Crippen LogP contribution in [0.3, 0.4) is 0 Å². The Labute approximate surface area is 112 Å². The van der Waals surface area contributed by atoms with Crippen LogP contribution in [0.25, 0.3) is 0 Å². The van der Waals surface area contributed by atoms with Crippen LogP contribution in [0.15, 0.2) is 24.3 Å². The first-order chi connectivity index (χ1) is 8.91. The molecule has 0 aromatic heterocycles. The van der Waals surface area contributed by atoms with Crippen LogP contribution in [0.1, 0.15) is 26.7 Å². The number of carbonyl (C=O) groups excluding carboxylic acids is 1. The zero-order valence-electron chi connectivity index (χ0n) is 11.2. The lowest BCUT2D eigenvalue weighted by Crippen LogP contribution is -2.57. The largest absolute Gasteiger partial charge is 0.375 e. The Morgan fingerprint density at radius 2 is 2.05 bits per heavy atom. The minimum atomic E-state index is -0.884. The van der Waals surface area contributed by atoms with Crippen LogP contribution in [0.4, 0.5) is 10.1 Å². The van der Waals surface area contributed by atoms with E-state index < -0.39 is 11.4 Å². The fourth-order valence-electron chi connectivity index (χ4n) is 2.76. The highest BCUT2D eigenvalue weighted by Gasteiger charge is 2.43. The second kappa shape index (κ2) is 5.17. The first-order valence-electron chi connectivity index (χ1n) is 6.40. The first-order valence-corrected chi connectivity index (χ1v) is 6.40. The fourth-order valence-corrected chi connectivity index (χ4v) is 2.76. The minimum Gasteiger partial charge on any atom is -0.375 e. The van der Waals surface area contributed by atoms with E-state index in [0.717, 1.165) is 0 Å². The van der Waals surface area contributed by atoms with Crippen LogP contribution >= 0.6 is 0 Å². The van der Waals surface area contributed by atoms with Crippen LogP contribution < -0.4 is 11.1 Å². The molecule has 1 heterocycles. The van der Waals surface area contributed by atoms with E-state index in [-0.39, 0.29) is 18.0 Å². The lowest BCUT2D eigenvalue weighted by atomic mass is 9.83. The fraction of sp³-hybridized carbons (Fsp3) is 0.500. The van der Waals surface area contributed by atoms with E-state index in [9.17, 15) is 9.18 Å². The van der Waals surface area contributed by atoms with Crippen molar-refractivity contribution in [3.8, 4) is 0 Å². The number of nitrogens with two attached hydrogens (primary N) is 1. The summed E-state index contributed by atoms with van der Waals surface area (Å²) in [5.74, 6) is -0.781. The summed E-state index contributed by atoms with van der Waals surface area (Å²) in [7, 11) is 0. The van der Waals surface area contributed by atoms with Gasteiger partial charge in [-0.2, -0.15) is 0 Å². The number of benzene rings is 1. The minimum absolute atomic E-state index is 0.0719. The molecule has 1 saturated heterocycles. The summed E-state index contributed by atoms with van der Waals surface area (Å²) in [4.78, 5) is 11.9. The van der Waals surface area contributed by atoms with Crippen molar-refractivity contribution >= 4 is 11.6 Å². The van der Waals surface area contributed by atoms with Crippen LogP contribution in [0.5, 0.6) is 0 Å². The van der Waals surface area contributed by atoms with Crippen molar-refractivity contribution in [1.29, 1.82) is 0 Å². The second-order valence-electron chi connectivity index (χ2n) is 5.25. The van der Waals surface area contributed by atoms with Gasteiger partial charge in [-0.1, -0.05) is 6.07 Å². The molecule has 0 saturated carbocycles. The van der Waals surface area contributed by atoms with Crippen LogP contribution in [0.2, 0.25) is 0 Å². The SMILES string of the molecule is CC1CC(Nc2cccc(F)c2)(C(N)=O)CC(C)O1. The van der Waals surface area contributed by atoms with Crippen LogP contribution in [-0.4, -0.2) is 23.7 Å². The van der Waals surface area contributed by atoms with Gasteiger partial charge >= 0.3 is 0 Å². The van der Waals surface area contributed by atoms with Crippen molar-refractivity contribution in [2.45, 2.75) is 44.4 Å². The third-order valence-corrected chi connectivity index (χ3v) is 3.42. The van der Waals surface area contributed by atoms with Crippen molar-refractivity contribution in [2.75, 3.05) is 5.32 Å². The van der Waals surface area contributed by atoms with Gasteiger partial charge in [0.2, 0.25) is 5.91 Å². The molecule has 0 bridgehead atoms. The zero-order chi connectivity index (χ0) is 14.0. The number of rotatable bonds is 3. The third-order valence-electron chi connectivity index (χ3n) is 3.42. The van der Waals surface area contributed by atoms with Crippen LogP contribution in [-0.2, 0) is 9.53 Å². The smallest absolute Gasteiger partial charge is 0.243 e. The molecule has 0 aliphatic carbocycles. The van der Waals surface area contributed by atoms with E-state index in [4.69, 9.17) is 10.5 Å². The van der Waals surface area contributed by atoms with Gasteiger partial charge in [-0.05, 0) is 32.0 Å². The van der Waals surface area contributed by atoms with Gasteiger partial charge in [0.05, 0.1) is 12.2 Å². The number of hydrogen-bond acceptors (Lipinski definition) is 3. The Kier molecular flexibility index (Phi) is 3.75. The molecule has 0 spiro atoms. The molecule has 1 aromatic rings. The maximum Gasteiger partial charge on any atom is 0.243 e. The Bertz CT molecular complexity index is 468. The summed E-state index contributed by atoms with van der Waals surface area (Å²) < 4.78 is 18.9. The lowest BCUT2D eigenvalue weighted by Gasteiger charge is -2.41. The van der Waals surface area contributed by atoms with E-state index in [0.29, 0.717) is 18.5 Å². The molecule has 2 unspecified atom stereocenters. The maximum atomic E-state index is 13.2. The molecule has 2 atom stereocenters. The van der Waals surface area contributed by atoms with Gasteiger partial charge in [0.25, 0.3) is 0 Å². The van der Waals surface area contributed by atoms with Crippen molar-refractivity contribution in [2.24, 2.45) is 5.73 Å². The van der Waals surface area contributed by atoms with Crippen LogP contribution in [0, 0.1) is 5.82 Å². The molecule has 104 valence electrons. The number of anilines is 1. The molecule has 1 aromatic carbocycles. The summed E-state index contributed by atoms with van der Waals surface area (Å²) in [6.07, 6.45) is 0.807. The van der Waals surface area contributed by atoms with E-state index in [1.165, 1.54) is 12.1 Å². The Morgan fingerprint density at radius 3 is 2.58 bits per heavy atom. The lowest BCUT2D eigenvalue weighted by molar-refractivity contribution is -0.131. The van der Waals surface area contributed by atoms with E-state index in [2.05, 4.69) is 5.32 Å². The topological polar surface area (TPSA) is 64.3 Å². The molecule has 0 radical (unpaired) electrons. The highest BCUT2D eigenvalue weighted by atomic mass is 19.1. The molecular weight excluding hydrogens is 247 g/mol. The predicted octanol–water partition coefficient (Wildman–Crippen LogP) is 2.05. The molecular formula is C14H19FN2O2. The molecule has 3 N–H and O–H groups in total. The van der Waals surface area contributed by atoms with E-state index >= 15 is 0 Å².